The molecule has 17 heavy (non-hydrogen) atoms. The van der Waals surface area contributed by atoms with Crippen LogP contribution in [0.3, 0.4) is 0 Å². The average Bonchev–Trinajstić information content (AvgIpc) is 2.90. The van der Waals surface area contributed by atoms with Crippen LogP contribution in [0.25, 0.3) is 0 Å². The summed E-state index contributed by atoms with van der Waals surface area (Å²) in [6.07, 6.45) is 4.38. The van der Waals surface area contributed by atoms with Gasteiger partial charge in [-0.1, -0.05) is 0 Å². The van der Waals surface area contributed by atoms with Gasteiger partial charge in [0.2, 0.25) is 0 Å². The molecule has 2 atom stereocenters. The maximum Gasteiger partial charge on any atom is 0.0537 e. The van der Waals surface area contributed by atoms with Crippen LogP contribution < -0.4 is 5.32 Å². The molecule has 0 radical (unpaired) electrons. The quantitative estimate of drug-likeness (QED) is 0.846. The van der Waals surface area contributed by atoms with Crippen LogP contribution in [0, 0.1) is 12.8 Å². The van der Waals surface area contributed by atoms with Gasteiger partial charge in [-0.3, -0.25) is 4.68 Å². The fourth-order valence-corrected chi connectivity index (χ4v) is 2.35. The topological polar surface area (TPSA) is 39.1 Å². The molecule has 2 rings (SSSR count). The Bertz CT molecular complexity index is 356. The Balaban J connectivity index is 1.75. The third kappa shape index (κ3) is 3.30. The normalized spacial score (nSPS) is 21.9. The van der Waals surface area contributed by atoms with E-state index < -0.39 is 0 Å². The second-order valence-electron chi connectivity index (χ2n) is 5.13. The first-order valence-corrected chi connectivity index (χ1v) is 6.45. The fourth-order valence-electron chi connectivity index (χ4n) is 2.35. The van der Waals surface area contributed by atoms with E-state index in [0.29, 0.717) is 6.04 Å². The van der Waals surface area contributed by atoms with Gasteiger partial charge in [-0.15, -0.1) is 0 Å². The van der Waals surface area contributed by atoms with Gasteiger partial charge in [-0.25, -0.2) is 0 Å². The Labute approximate surface area is 103 Å². The summed E-state index contributed by atoms with van der Waals surface area (Å²) in [6.45, 7) is 7.16. The third-order valence-electron chi connectivity index (χ3n) is 3.69. The van der Waals surface area contributed by atoms with Gasteiger partial charge < -0.3 is 10.1 Å². The summed E-state index contributed by atoms with van der Waals surface area (Å²) in [6, 6.07) is 0.543. The van der Waals surface area contributed by atoms with Crippen LogP contribution in [0.2, 0.25) is 0 Å². The van der Waals surface area contributed by atoms with E-state index in [0.717, 1.165) is 25.7 Å². The molecule has 1 aromatic rings. The fraction of sp³-hybridized carbons (Fsp3) is 0.769. The lowest BCUT2D eigenvalue weighted by molar-refractivity contribution is 0.182. The molecule has 0 aromatic carbocycles. The Hall–Kier alpha value is -0.870. The molecule has 0 spiro atoms. The minimum atomic E-state index is 0.543. The molecule has 1 aliphatic heterocycles. The Kier molecular flexibility index (Phi) is 4.18. The van der Waals surface area contributed by atoms with Crippen molar-refractivity contribution in [1.82, 2.24) is 15.1 Å². The van der Waals surface area contributed by atoms with Crippen LogP contribution in [0.15, 0.2) is 6.20 Å². The zero-order chi connectivity index (χ0) is 12.3. The highest BCUT2D eigenvalue weighted by atomic mass is 16.5. The monoisotopic (exact) mass is 237 g/mol. The number of nitrogens with zero attached hydrogens (tertiary/aromatic N) is 2. The predicted molar refractivity (Wildman–Crippen MR) is 67.8 cm³/mol. The molecule has 1 N–H and O–H groups in total. The molecular weight excluding hydrogens is 214 g/mol. The van der Waals surface area contributed by atoms with Crippen LogP contribution in [-0.2, 0) is 18.3 Å². The summed E-state index contributed by atoms with van der Waals surface area (Å²) in [5.41, 5.74) is 2.54. The van der Waals surface area contributed by atoms with Gasteiger partial charge in [0.15, 0.2) is 0 Å². The van der Waals surface area contributed by atoms with Crippen LogP contribution in [0.1, 0.15) is 31.0 Å². The Morgan fingerprint density at radius 1 is 1.65 bits per heavy atom. The molecule has 1 saturated heterocycles. The number of hydrogen-bond donors (Lipinski definition) is 1. The molecule has 4 heteroatoms. The van der Waals surface area contributed by atoms with Crippen LogP contribution in [0.5, 0.6) is 0 Å². The zero-order valence-corrected chi connectivity index (χ0v) is 11.1. The van der Waals surface area contributed by atoms with E-state index in [2.05, 4.69) is 24.3 Å². The van der Waals surface area contributed by atoms with Crippen molar-refractivity contribution in [1.29, 1.82) is 0 Å². The van der Waals surface area contributed by atoms with Crippen molar-refractivity contribution >= 4 is 0 Å². The van der Waals surface area contributed by atoms with Crippen molar-refractivity contribution in [3.8, 4) is 0 Å². The number of rotatable bonds is 5. The van der Waals surface area contributed by atoms with E-state index in [-0.39, 0.29) is 0 Å². The second-order valence-corrected chi connectivity index (χ2v) is 5.13. The van der Waals surface area contributed by atoms with E-state index in [1.54, 1.807) is 0 Å². The Morgan fingerprint density at radius 3 is 3.06 bits per heavy atom. The van der Waals surface area contributed by atoms with Gasteiger partial charge in [0.05, 0.1) is 6.20 Å². The minimum Gasteiger partial charge on any atom is -0.381 e. The summed E-state index contributed by atoms with van der Waals surface area (Å²) in [4.78, 5) is 0. The second kappa shape index (κ2) is 5.65. The molecule has 1 aromatic heterocycles. The van der Waals surface area contributed by atoms with Gasteiger partial charge in [0, 0.05) is 44.1 Å². The summed E-state index contributed by atoms with van der Waals surface area (Å²) < 4.78 is 7.33. The number of aryl methyl sites for hydroxylation is 1. The van der Waals surface area contributed by atoms with Gasteiger partial charge in [0.1, 0.15) is 0 Å². The lowest BCUT2D eigenvalue weighted by Crippen LogP contribution is -2.28. The van der Waals surface area contributed by atoms with E-state index in [9.17, 15) is 0 Å². The molecule has 1 fully saturated rings. The molecule has 4 nitrogen and oxygen atoms in total. The standard InChI is InChI=1S/C13H23N3O/c1-10(6-12-4-5-17-9-12)14-7-13-8-15-16(3)11(13)2/h8,10,12,14H,4-7,9H2,1-3H3/t10-,12-/m0/s1. The van der Waals surface area contributed by atoms with Crippen LogP contribution >= 0.6 is 0 Å². The van der Waals surface area contributed by atoms with Crippen LogP contribution in [-0.4, -0.2) is 29.0 Å². The number of aromatic nitrogens is 2. The summed E-state index contributed by atoms with van der Waals surface area (Å²) in [5.74, 6) is 0.743. The molecular formula is C13H23N3O. The van der Waals surface area contributed by atoms with E-state index in [1.165, 1.54) is 24.1 Å². The number of hydrogen-bond acceptors (Lipinski definition) is 3. The molecule has 0 amide bonds. The van der Waals surface area contributed by atoms with E-state index in [1.807, 2.05) is 17.9 Å². The van der Waals surface area contributed by atoms with Crippen molar-refractivity contribution in [3.05, 3.63) is 17.5 Å². The first kappa shape index (κ1) is 12.6. The first-order chi connectivity index (χ1) is 8.16. The number of ether oxygens (including phenoxy) is 1. The molecule has 0 saturated carbocycles. The molecule has 1 aliphatic rings. The molecule has 0 aliphatic carbocycles. The van der Waals surface area contributed by atoms with E-state index >= 15 is 0 Å². The zero-order valence-electron chi connectivity index (χ0n) is 11.1. The van der Waals surface area contributed by atoms with Crippen molar-refractivity contribution in [2.75, 3.05) is 13.2 Å². The molecule has 2 heterocycles. The van der Waals surface area contributed by atoms with Crippen molar-refractivity contribution in [3.63, 3.8) is 0 Å². The van der Waals surface area contributed by atoms with Crippen molar-refractivity contribution < 1.29 is 4.74 Å². The first-order valence-electron chi connectivity index (χ1n) is 6.45. The minimum absolute atomic E-state index is 0.543. The maximum atomic E-state index is 5.40. The molecule has 0 unspecified atom stereocenters. The summed E-state index contributed by atoms with van der Waals surface area (Å²) in [5, 5.41) is 7.83. The average molecular weight is 237 g/mol. The van der Waals surface area contributed by atoms with Gasteiger partial charge in [0.25, 0.3) is 0 Å². The van der Waals surface area contributed by atoms with Crippen molar-refractivity contribution in [2.24, 2.45) is 13.0 Å². The lowest BCUT2D eigenvalue weighted by Gasteiger charge is -2.16. The highest BCUT2D eigenvalue weighted by molar-refractivity contribution is 5.15. The smallest absolute Gasteiger partial charge is 0.0537 e. The maximum absolute atomic E-state index is 5.40. The van der Waals surface area contributed by atoms with Gasteiger partial charge in [-0.2, -0.15) is 5.10 Å². The Morgan fingerprint density at radius 2 is 2.47 bits per heavy atom. The molecule has 0 bridgehead atoms. The highest BCUT2D eigenvalue weighted by Crippen LogP contribution is 2.18. The SMILES string of the molecule is Cc1c(CN[C@@H](C)C[C@@H]2CCOC2)cnn1C. The van der Waals surface area contributed by atoms with Gasteiger partial charge >= 0.3 is 0 Å². The van der Waals surface area contributed by atoms with Crippen LogP contribution in [0.4, 0.5) is 0 Å². The lowest BCUT2D eigenvalue weighted by atomic mass is 10.00. The van der Waals surface area contributed by atoms with Gasteiger partial charge in [-0.05, 0) is 32.6 Å². The molecule has 96 valence electrons. The largest absolute Gasteiger partial charge is 0.381 e. The predicted octanol–water partition coefficient (Wildman–Crippen LogP) is 1.63. The summed E-state index contributed by atoms with van der Waals surface area (Å²) in [7, 11) is 1.98. The summed E-state index contributed by atoms with van der Waals surface area (Å²) >= 11 is 0. The van der Waals surface area contributed by atoms with E-state index in [4.69, 9.17) is 4.74 Å². The van der Waals surface area contributed by atoms with Crippen molar-refractivity contribution in [2.45, 2.75) is 39.3 Å². The highest BCUT2D eigenvalue weighted by Gasteiger charge is 2.18. The third-order valence-corrected chi connectivity index (χ3v) is 3.69. The number of nitrogens with one attached hydrogen (secondary N) is 1.